The Bertz CT molecular complexity index is 1300. The van der Waals surface area contributed by atoms with Crippen molar-refractivity contribution in [3.8, 4) is 17.2 Å². The minimum absolute atomic E-state index is 0.218. The smallest absolute Gasteiger partial charge is 0.305 e. The molecule has 1 fully saturated rings. The largest absolute Gasteiger partial charge is 0.497 e. The first kappa shape index (κ1) is 21.6. The van der Waals surface area contributed by atoms with Crippen molar-refractivity contribution in [1.82, 2.24) is 4.98 Å². The van der Waals surface area contributed by atoms with Gasteiger partial charge in [0, 0.05) is 10.8 Å². The van der Waals surface area contributed by atoms with E-state index >= 15 is 0 Å². The predicted molar refractivity (Wildman–Crippen MR) is 125 cm³/mol. The molecular weight excluding hydrogens is 464 g/mol. The monoisotopic (exact) mass is 484 g/mol. The number of hydrogen-bond donors (Lipinski definition) is 1. The van der Waals surface area contributed by atoms with Gasteiger partial charge in [-0.3, -0.25) is 14.4 Å². The Kier molecular flexibility index (Phi) is 5.41. The van der Waals surface area contributed by atoms with E-state index in [1.165, 1.54) is 23.8 Å². The maximum absolute atomic E-state index is 13.7. The number of H-pyrrole nitrogens is 1. The van der Waals surface area contributed by atoms with E-state index in [1.54, 1.807) is 50.6 Å². The molecule has 2 aliphatic rings. The molecule has 1 aromatic heterocycles. The summed E-state index contributed by atoms with van der Waals surface area (Å²) in [4.78, 5) is 44.0. The molecule has 0 saturated carbocycles. The number of ether oxygens (including phenoxy) is 3. The minimum atomic E-state index is -0.665. The zero-order valence-electron chi connectivity index (χ0n) is 18.0. The van der Waals surface area contributed by atoms with Crippen LogP contribution in [-0.2, 0) is 9.59 Å². The minimum Gasteiger partial charge on any atom is -0.497 e. The van der Waals surface area contributed by atoms with E-state index in [4.69, 9.17) is 14.2 Å². The van der Waals surface area contributed by atoms with Crippen LogP contribution in [0.1, 0.15) is 16.4 Å². The van der Waals surface area contributed by atoms with Gasteiger partial charge in [0.15, 0.2) is 11.5 Å². The number of rotatable bonds is 5. The van der Waals surface area contributed by atoms with E-state index < -0.39 is 17.1 Å². The Balaban J connectivity index is 1.63. The Morgan fingerprint density at radius 2 is 1.61 bits per heavy atom. The van der Waals surface area contributed by atoms with Gasteiger partial charge >= 0.3 is 4.87 Å². The quantitative estimate of drug-likeness (QED) is 0.555. The number of methoxy groups -OCH3 is 3. The normalized spacial score (nSPS) is 21.5. The van der Waals surface area contributed by atoms with Crippen LogP contribution >= 0.6 is 23.1 Å². The molecule has 33 heavy (non-hydrogen) atoms. The molecule has 3 heterocycles. The molecule has 2 aromatic carbocycles. The Labute approximate surface area is 197 Å². The second-order valence-corrected chi connectivity index (χ2v) is 9.74. The average Bonchev–Trinajstić information content (AvgIpc) is 3.33. The summed E-state index contributed by atoms with van der Waals surface area (Å²) in [5.74, 6) is -0.0432. The fraction of sp³-hybridized carbons (Fsp3) is 0.261. The molecule has 5 rings (SSSR count). The van der Waals surface area contributed by atoms with Crippen LogP contribution in [0.15, 0.2) is 52.3 Å². The second-order valence-electron chi connectivity index (χ2n) is 7.57. The summed E-state index contributed by atoms with van der Waals surface area (Å²) in [6, 6.07) is 12.2. The number of thiazole rings is 1. The van der Waals surface area contributed by atoms with E-state index in [0.717, 1.165) is 21.8 Å². The lowest BCUT2D eigenvalue weighted by Gasteiger charge is -2.30. The predicted octanol–water partition coefficient (Wildman–Crippen LogP) is 3.26. The van der Waals surface area contributed by atoms with Crippen LogP contribution in [0.3, 0.4) is 0 Å². The van der Waals surface area contributed by atoms with E-state index in [-0.39, 0.29) is 16.7 Å². The number of imide groups is 1. The number of amides is 2. The van der Waals surface area contributed by atoms with Crippen LogP contribution in [0.4, 0.5) is 5.69 Å². The average molecular weight is 485 g/mol. The van der Waals surface area contributed by atoms with Crippen molar-refractivity contribution >= 4 is 40.6 Å². The molecule has 2 amide bonds. The van der Waals surface area contributed by atoms with Crippen LogP contribution in [0.2, 0.25) is 0 Å². The van der Waals surface area contributed by atoms with Gasteiger partial charge in [0.25, 0.3) is 0 Å². The molecule has 2 aliphatic heterocycles. The molecule has 8 nitrogen and oxygen atoms in total. The number of fused-ring (bicyclic) bond motifs is 2. The van der Waals surface area contributed by atoms with Gasteiger partial charge in [0.2, 0.25) is 11.8 Å². The number of anilines is 1. The van der Waals surface area contributed by atoms with Gasteiger partial charge in [0.05, 0.1) is 38.0 Å². The molecule has 1 N–H and O–H groups in total. The number of aromatic nitrogens is 1. The van der Waals surface area contributed by atoms with Crippen molar-refractivity contribution in [3.63, 3.8) is 0 Å². The summed E-state index contributed by atoms with van der Waals surface area (Å²) in [5.41, 5.74) is 1.26. The number of thioether (sulfide) groups is 1. The molecular formula is C23H20N2O6S2. The summed E-state index contributed by atoms with van der Waals surface area (Å²) in [7, 11) is 4.64. The lowest BCUT2D eigenvalue weighted by atomic mass is 9.83. The summed E-state index contributed by atoms with van der Waals surface area (Å²) in [5, 5.41) is -0.0285. The van der Waals surface area contributed by atoms with Gasteiger partial charge in [-0.15, -0.1) is 0 Å². The summed E-state index contributed by atoms with van der Waals surface area (Å²) in [6.45, 7) is 0. The van der Waals surface area contributed by atoms with Crippen LogP contribution in [0.25, 0.3) is 0 Å². The molecule has 170 valence electrons. The van der Waals surface area contributed by atoms with Gasteiger partial charge < -0.3 is 19.2 Å². The molecule has 1 saturated heterocycles. The lowest BCUT2D eigenvalue weighted by Crippen LogP contribution is -2.32. The fourth-order valence-electron chi connectivity index (χ4n) is 4.41. The highest BCUT2D eigenvalue weighted by atomic mass is 32.2. The van der Waals surface area contributed by atoms with Gasteiger partial charge in [-0.2, -0.15) is 0 Å². The Hall–Kier alpha value is -3.24. The third-order valence-electron chi connectivity index (χ3n) is 5.92. The lowest BCUT2D eigenvalue weighted by molar-refractivity contribution is -0.122. The van der Waals surface area contributed by atoms with Crippen molar-refractivity contribution in [2.24, 2.45) is 5.92 Å². The fourth-order valence-corrected chi connectivity index (χ4v) is 6.92. The van der Waals surface area contributed by atoms with Crippen LogP contribution in [0, 0.1) is 5.92 Å². The van der Waals surface area contributed by atoms with Crippen LogP contribution in [-0.4, -0.2) is 43.4 Å². The molecule has 0 unspecified atom stereocenters. The SMILES string of the molecule is COc1ccc(N2C(=O)[C@H]3[C@H](c4ccc(OC)c(OC)c4)c4sc(=O)[nH]c4S[C@H]3C2=O)cc1. The summed E-state index contributed by atoms with van der Waals surface area (Å²) >= 11 is 2.31. The number of benzene rings is 2. The molecule has 3 aromatic rings. The van der Waals surface area contributed by atoms with Crippen LogP contribution < -0.4 is 24.0 Å². The van der Waals surface area contributed by atoms with Gasteiger partial charge in [0.1, 0.15) is 11.0 Å². The third kappa shape index (κ3) is 3.41. The first-order valence-corrected chi connectivity index (χ1v) is 11.8. The van der Waals surface area contributed by atoms with E-state index in [2.05, 4.69) is 4.98 Å². The number of hydrogen-bond acceptors (Lipinski definition) is 8. The van der Waals surface area contributed by atoms with Crippen molar-refractivity contribution in [2.45, 2.75) is 16.2 Å². The number of aromatic amines is 1. The van der Waals surface area contributed by atoms with E-state index in [0.29, 0.717) is 28.0 Å². The van der Waals surface area contributed by atoms with Gasteiger partial charge in [-0.05, 0) is 42.0 Å². The first-order chi connectivity index (χ1) is 16.0. The zero-order chi connectivity index (χ0) is 23.3. The van der Waals surface area contributed by atoms with Crippen molar-refractivity contribution in [2.75, 3.05) is 26.2 Å². The maximum Gasteiger partial charge on any atom is 0.305 e. The topological polar surface area (TPSA) is 97.9 Å². The third-order valence-corrected chi connectivity index (χ3v) is 8.32. The number of carbonyl (C=O) groups is 2. The first-order valence-electron chi connectivity index (χ1n) is 10.1. The molecule has 0 bridgehead atoms. The number of nitrogens with one attached hydrogen (secondary N) is 1. The zero-order valence-corrected chi connectivity index (χ0v) is 19.6. The molecule has 10 heteroatoms. The Morgan fingerprint density at radius 1 is 0.879 bits per heavy atom. The molecule has 0 aliphatic carbocycles. The van der Waals surface area contributed by atoms with Crippen molar-refractivity contribution < 1.29 is 23.8 Å². The second kappa shape index (κ2) is 8.27. The standard InChI is InChI=1S/C23H20N2O6S2/c1-29-13-7-5-12(6-8-13)25-21(26)17-16(11-4-9-14(30-2)15(10-11)31-3)18-20(24-23(28)33-18)32-19(17)22(25)27/h4-10,16-17,19H,1-3H3,(H,24,28)/t16-,17-,19+/m0/s1. The highest BCUT2D eigenvalue weighted by Gasteiger charge is 2.56. The van der Waals surface area contributed by atoms with E-state index in [9.17, 15) is 14.4 Å². The maximum atomic E-state index is 13.7. The summed E-state index contributed by atoms with van der Waals surface area (Å²) in [6.07, 6.45) is 0. The highest BCUT2D eigenvalue weighted by Crippen LogP contribution is 2.53. The highest BCUT2D eigenvalue weighted by molar-refractivity contribution is 8.00. The molecule has 0 radical (unpaired) electrons. The van der Waals surface area contributed by atoms with E-state index in [1.807, 2.05) is 6.07 Å². The summed E-state index contributed by atoms with van der Waals surface area (Å²) < 4.78 is 16.0. The molecule has 3 atom stereocenters. The Morgan fingerprint density at radius 3 is 2.27 bits per heavy atom. The number of nitrogens with zero attached hydrogens (tertiary/aromatic N) is 1. The van der Waals surface area contributed by atoms with Gasteiger partial charge in [-0.25, -0.2) is 4.90 Å². The van der Waals surface area contributed by atoms with Crippen LogP contribution in [0.5, 0.6) is 17.2 Å². The number of carbonyl (C=O) groups excluding carboxylic acids is 2. The van der Waals surface area contributed by atoms with Crippen molar-refractivity contribution in [3.05, 3.63) is 62.6 Å². The van der Waals surface area contributed by atoms with Crippen molar-refractivity contribution in [1.29, 1.82) is 0 Å². The molecule has 0 spiro atoms. The van der Waals surface area contributed by atoms with Gasteiger partial charge in [-0.1, -0.05) is 29.2 Å².